The van der Waals surface area contributed by atoms with Crippen molar-refractivity contribution < 1.29 is 26.4 Å². The lowest BCUT2D eigenvalue weighted by molar-refractivity contribution is -0.126. The molecule has 0 bridgehead atoms. The van der Waals surface area contributed by atoms with Gasteiger partial charge in [-0.05, 0) is 62.6 Å². The van der Waals surface area contributed by atoms with Crippen LogP contribution in [0, 0.1) is 24.4 Å². The van der Waals surface area contributed by atoms with Gasteiger partial charge in [0, 0.05) is 31.9 Å². The Morgan fingerprint density at radius 3 is 2.41 bits per heavy atom. The van der Waals surface area contributed by atoms with Crippen LogP contribution in [0.1, 0.15) is 25.3 Å². The molecule has 0 unspecified atom stereocenters. The smallest absolute Gasteiger partial charge is 0.350 e. The molecular weight excluding hydrogens is 597 g/mol. The minimum Gasteiger partial charge on any atom is -0.350 e. The topological polar surface area (TPSA) is 118 Å². The van der Waals surface area contributed by atoms with E-state index in [4.69, 9.17) is 0 Å². The van der Waals surface area contributed by atoms with Crippen molar-refractivity contribution >= 4 is 32.6 Å². The average molecular weight is 625 g/mol. The molecule has 6 rings (SSSR count). The van der Waals surface area contributed by atoms with E-state index < -0.39 is 55.5 Å². The van der Waals surface area contributed by atoms with Gasteiger partial charge in [-0.3, -0.25) is 4.79 Å². The molecule has 0 radical (unpaired) electrons. The van der Waals surface area contributed by atoms with Gasteiger partial charge in [0.1, 0.15) is 23.1 Å². The number of amides is 1. The highest BCUT2D eigenvalue weighted by Crippen LogP contribution is 2.38. The van der Waals surface area contributed by atoms with Gasteiger partial charge in [-0.15, -0.1) is 0 Å². The summed E-state index contributed by atoms with van der Waals surface area (Å²) in [5.74, 6) is -3.49. The van der Waals surface area contributed by atoms with Crippen molar-refractivity contribution in [1.82, 2.24) is 24.4 Å². The van der Waals surface area contributed by atoms with E-state index >= 15 is 4.39 Å². The normalized spacial score (nSPS) is 17.2. The zero-order valence-electron chi connectivity index (χ0n) is 23.8. The lowest BCUT2D eigenvalue weighted by atomic mass is 10.1. The summed E-state index contributed by atoms with van der Waals surface area (Å²) in [5, 5.41) is -1.04. The van der Waals surface area contributed by atoms with Gasteiger partial charge in [0.05, 0.1) is 21.9 Å². The number of aryl methyl sites for hydroxylation is 1. The molecule has 1 saturated heterocycles. The number of benzene rings is 1. The number of carbonyl (C=O) groups excluding carboxylic acids is 1. The lowest BCUT2D eigenvalue weighted by Crippen LogP contribution is -2.54. The Kier molecular flexibility index (Phi) is 7.26. The third-order valence-corrected chi connectivity index (χ3v) is 10.1. The summed E-state index contributed by atoms with van der Waals surface area (Å²) < 4.78 is 73.4. The number of halogens is 3. The predicted molar refractivity (Wildman–Crippen MR) is 157 cm³/mol. The van der Waals surface area contributed by atoms with Crippen molar-refractivity contribution in [3.63, 3.8) is 0 Å². The SMILES string of the molecule is C=CC(=O)N1CCN(c2nc(=O)n(-c3c(C)ccnc3S(=O)(=O)C3CC3)c3nc(-c4c(F)cccc4F)c(F)cc23)[C@@H](C)C1. The minimum atomic E-state index is -3.97. The molecular formula is C30H27F3N6O4S. The molecule has 1 aromatic carbocycles. The Balaban J connectivity index is 1.66. The second-order valence-electron chi connectivity index (χ2n) is 10.9. The number of hydrogen-bond acceptors (Lipinski definition) is 8. The molecule has 1 amide bonds. The number of sulfone groups is 1. The molecule has 44 heavy (non-hydrogen) atoms. The van der Waals surface area contributed by atoms with Crippen LogP contribution < -0.4 is 10.6 Å². The summed E-state index contributed by atoms with van der Waals surface area (Å²) in [6.45, 7) is 7.60. The van der Waals surface area contributed by atoms with Crippen LogP contribution >= 0.6 is 0 Å². The number of aromatic nitrogens is 4. The lowest BCUT2D eigenvalue weighted by Gasteiger charge is -2.40. The molecule has 3 aromatic heterocycles. The van der Waals surface area contributed by atoms with Crippen molar-refractivity contribution in [1.29, 1.82) is 0 Å². The third kappa shape index (κ3) is 4.82. The van der Waals surface area contributed by atoms with Crippen LogP contribution in [0.3, 0.4) is 0 Å². The van der Waals surface area contributed by atoms with Crippen LogP contribution in [0.25, 0.3) is 28.0 Å². The molecule has 1 atom stereocenters. The standard InChI is InChI=1S/C30H27F3N6O4S/c1-4-23(40)37-12-13-38(17(3)15-37)27-19-14-22(33)25(24-20(31)6-5-7-21(24)32)35-28(19)39(30(41)36-27)26-16(2)10-11-34-29(26)44(42,43)18-8-9-18/h4-7,10-11,14,17-18H,1,8-9,12-13,15H2,2-3H3/t17-/m0/s1. The third-order valence-electron chi connectivity index (χ3n) is 7.94. The van der Waals surface area contributed by atoms with E-state index in [1.807, 2.05) is 0 Å². The summed E-state index contributed by atoms with van der Waals surface area (Å²) in [6, 6.07) is 5.12. The van der Waals surface area contributed by atoms with E-state index in [9.17, 15) is 26.8 Å². The Morgan fingerprint density at radius 1 is 1.07 bits per heavy atom. The predicted octanol–water partition coefficient (Wildman–Crippen LogP) is 3.73. The summed E-state index contributed by atoms with van der Waals surface area (Å²) in [7, 11) is -3.97. The summed E-state index contributed by atoms with van der Waals surface area (Å²) >= 11 is 0. The van der Waals surface area contributed by atoms with Gasteiger partial charge in [-0.25, -0.2) is 40.9 Å². The van der Waals surface area contributed by atoms with Crippen LogP contribution in [0.2, 0.25) is 0 Å². The van der Waals surface area contributed by atoms with Crippen LogP contribution in [0.4, 0.5) is 19.0 Å². The van der Waals surface area contributed by atoms with E-state index in [1.165, 1.54) is 18.3 Å². The van der Waals surface area contributed by atoms with Gasteiger partial charge in [-0.1, -0.05) is 12.6 Å². The number of fused-ring (bicyclic) bond motifs is 1. The average Bonchev–Trinajstić information content (AvgIpc) is 3.84. The fourth-order valence-corrected chi connectivity index (χ4v) is 7.37. The monoisotopic (exact) mass is 624 g/mol. The number of nitrogens with zero attached hydrogens (tertiary/aromatic N) is 6. The number of pyridine rings is 2. The highest BCUT2D eigenvalue weighted by atomic mass is 32.2. The van der Waals surface area contributed by atoms with Crippen molar-refractivity contribution in [2.45, 2.75) is 43.0 Å². The number of piperazine rings is 1. The molecule has 10 nitrogen and oxygen atoms in total. The second kappa shape index (κ2) is 10.8. The Morgan fingerprint density at radius 2 is 1.77 bits per heavy atom. The first-order chi connectivity index (χ1) is 20.9. The zero-order chi connectivity index (χ0) is 31.5. The molecule has 2 aliphatic rings. The zero-order valence-corrected chi connectivity index (χ0v) is 24.6. The number of anilines is 1. The van der Waals surface area contributed by atoms with Gasteiger partial charge in [0.15, 0.2) is 16.5 Å². The van der Waals surface area contributed by atoms with Crippen LogP contribution in [0.15, 0.2) is 59.0 Å². The van der Waals surface area contributed by atoms with Crippen molar-refractivity contribution in [2.75, 3.05) is 24.5 Å². The Hall–Kier alpha value is -4.59. The Bertz CT molecular complexity index is 2010. The molecule has 4 aromatic rings. The van der Waals surface area contributed by atoms with E-state index in [1.54, 1.807) is 23.6 Å². The van der Waals surface area contributed by atoms with Crippen LogP contribution in [-0.2, 0) is 14.6 Å². The number of hydrogen-bond donors (Lipinski definition) is 0. The summed E-state index contributed by atoms with van der Waals surface area (Å²) in [4.78, 5) is 42.2. The van der Waals surface area contributed by atoms with Gasteiger partial charge in [0.2, 0.25) is 15.7 Å². The number of carbonyl (C=O) groups is 1. The van der Waals surface area contributed by atoms with Gasteiger partial charge >= 0.3 is 5.69 Å². The highest BCUT2D eigenvalue weighted by molar-refractivity contribution is 7.92. The second-order valence-corrected chi connectivity index (χ2v) is 13.0. The van der Waals surface area contributed by atoms with E-state index in [0.29, 0.717) is 18.4 Å². The first-order valence-corrected chi connectivity index (χ1v) is 15.4. The van der Waals surface area contributed by atoms with E-state index in [2.05, 4.69) is 21.5 Å². The van der Waals surface area contributed by atoms with Crippen LogP contribution in [0.5, 0.6) is 0 Å². The molecule has 0 N–H and O–H groups in total. The summed E-state index contributed by atoms with van der Waals surface area (Å²) in [5.41, 5.74) is -2.45. The Labute approximate surface area is 250 Å². The molecule has 4 heterocycles. The van der Waals surface area contributed by atoms with Crippen LogP contribution in [-0.4, -0.2) is 69.7 Å². The molecule has 2 fully saturated rings. The molecule has 1 saturated carbocycles. The number of rotatable bonds is 6. The van der Waals surface area contributed by atoms with Gasteiger partial charge in [-0.2, -0.15) is 4.98 Å². The summed E-state index contributed by atoms with van der Waals surface area (Å²) in [6.07, 6.45) is 3.37. The maximum atomic E-state index is 15.8. The van der Waals surface area contributed by atoms with Crippen molar-refractivity contribution in [3.05, 3.63) is 82.7 Å². The molecule has 228 valence electrons. The molecule has 14 heteroatoms. The fraction of sp³-hybridized carbons (Fsp3) is 0.300. The van der Waals surface area contributed by atoms with Crippen molar-refractivity contribution in [3.8, 4) is 16.9 Å². The quantitative estimate of drug-likeness (QED) is 0.298. The van der Waals surface area contributed by atoms with E-state index in [-0.39, 0.29) is 53.1 Å². The fourth-order valence-electron chi connectivity index (χ4n) is 5.57. The molecule has 0 spiro atoms. The molecule has 1 aliphatic carbocycles. The first kappa shape index (κ1) is 29.5. The van der Waals surface area contributed by atoms with Gasteiger partial charge in [0.25, 0.3) is 0 Å². The largest absolute Gasteiger partial charge is 0.355 e. The highest BCUT2D eigenvalue weighted by Gasteiger charge is 2.40. The minimum absolute atomic E-state index is 0.00373. The maximum Gasteiger partial charge on any atom is 0.355 e. The van der Waals surface area contributed by atoms with E-state index in [0.717, 1.165) is 28.8 Å². The van der Waals surface area contributed by atoms with Crippen molar-refractivity contribution in [2.24, 2.45) is 0 Å². The maximum absolute atomic E-state index is 15.8. The first-order valence-electron chi connectivity index (χ1n) is 13.9. The molecule has 1 aliphatic heterocycles. The van der Waals surface area contributed by atoms with Gasteiger partial charge < -0.3 is 9.80 Å².